The van der Waals surface area contributed by atoms with Crippen LogP contribution in [0.25, 0.3) is 0 Å². The van der Waals surface area contributed by atoms with Crippen LogP contribution < -0.4 is 4.74 Å². The molecule has 0 unspecified atom stereocenters. The van der Waals surface area contributed by atoms with Gasteiger partial charge in [-0.15, -0.1) is 0 Å². The minimum absolute atomic E-state index is 0.0597. The van der Waals surface area contributed by atoms with Gasteiger partial charge in [-0.05, 0) is 12.1 Å². The van der Waals surface area contributed by atoms with Gasteiger partial charge in [-0.25, -0.2) is 4.79 Å². The molecule has 0 saturated carbocycles. The zero-order valence-electron chi connectivity index (χ0n) is 11.9. The summed E-state index contributed by atoms with van der Waals surface area (Å²) in [6.07, 6.45) is 1.08. The van der Waals surface area contributed by atoms with Gasteiger partial charge in [0.05, 0.1) is 5.56 Å². The monoisotopic (exact) mass is 308 g/mol. The highest BCUT2D eigenvalue weighted by Crippen LogP contribution is 2.23. The first-order valence-corrected chi connectivity index (χ1v) is 6.83. The fraction of sp³-hybridized carbons (Fsp3) is 0. The average molecular weight is 308 g/mol. The zero-order chi connectivity index (χ0) is 16.2. The smallest absolute Gasteiger partial charge is 0.346 e. The van der Waals surface area contributed by atoms with Crippen molar-refractivity contribution in [2.45, 2.75) is 0 Å². The van der Waals surface area contributed by atoms with Crippen molar-refractivity contribution in [3.8, 4) is 11.7 Å². The number of hydrogen-bond acceptors (Lipinski definition) is 5. The summed E-state index contributed by atoms with van der Waals surface area (Å²) in [7, 11) is 0. The maximum atomic E-state index is 12.5. The summed E-state index contributed by atoms with van der Waals surface area (Å²) >= 11 is 0. The quantitative estimate of drug-likeness (QED) is 0.454. The molecule has 0 aliphatic rings. The Balaban J connectivity index is 1.89. The van der Waals surface area contributed by atoms with Crippen LogP contribution in [0.1, 0.15) is 26.3 Å². The van der Waals surface area contributed by atoms with Crippen molar-refractivity contribution >= 4 is 11.8 Å². The first-order chi connectivity index (χ1) is 11.1. The van der Waals surface area contributed by atoms with Gasteiger partial charge in [0.25, 0.3) is 5.95 Å². The molecule has 0 fully saturated rings. The second-order valence-corrected chi connectivity index (χ2v) is 4.75. The molecule has 0 amide bonds. The number of rotatable bonds is 4. The van der Waals surface area contributed by atoms with Crippen LogP contribution >= 0.6 is 0 Å². The lowest BCUT2D eigenvalue weighted by molar-refractivity contribution is 0.0732. The van der Waals surface area contributed by atoms with Gasteiger partial charge in [0.2, 0.25) is 0 Å². The number of carbonyl (C=O) groups excluding carboxylic acids is 2. The van der Waals surface area contributed by atoms with Gasteiger partial charge in [-0.1, -0.05) is 42.5 Å². The molecule has 0 bridgehead atoms. The predicted molar refractivity (Wildman–Crippen MR) is 81.6 cm³/mol. The molecule has 23 heavy (non-hydrogen) atoms. The maximum absolute atomic E-state index is 12.5. The average Bonchev–Trinajstić information content (AvgIpc) is 3.02. The molecule has 114 valence electrons. The van der Waals surface area contributed by atoms with Crippen molar-refractivity contribution in [2.75, 3.05) is 0 Å². The summed E-state index contributed by atoms with van der Waals surface area (Å²) < 4.78 is 9.91. The van der Waals surface area contributed by atoms with E-state index >= 15 is 0 Å². The minimum Gasteiger partial charge on any atom is -0.481 e. The van der Waals surface area contributed by atoms with Crippen molar-refractivity contribution < 1.29 is 23.8 Å². The van der Waals surface area contributed by atoms with Crippen LogP contribution in [0.4, 0.5) is 0 Å². The summed E-state index contributed by atoms with van der Waals surface area (Å²) in [6.45, 7) is 0. The largest absolute Gasteiger partial charge is 0.481 e. The van der Waals surface area contributed by atoms with E-state index in [0.717, 1.165) is 12.3 Å². The van der Waals surface area contributed by atoms with Gasteiger partial charge < -0.3 is 14.3 Å². The van der Waals surface area contributed by atoms with Crippen LogP contribution in [-0.4, -0.2) is 16.9 Å². The van der Waals surface area contributed by atoms with Crippen LogP contribution in [0.5, 0.6) is 11.7 Å². The molecule has 0 atom stereocenters. The Morgan fingerprint density at radius 3 is 2.30 bits per heavy atom. The third-order valence-electron chi connectivity index (χ3n) is 3.19. The van der Waals surface area contributed by atoms with Gasteiger partial charge in [0, 0.05) is 11.6 Å². The first-order valence-electron chi connectivity index (χ1n) is 6.83. The molecule has 0 aliphatic heterocycles. The Hall–Kier alpha value is -3.34. The topological polar surface area (TPSA) is 76.7 Å². The molecule has 0 radical (unpaired) electrons. The van der Waals surface area contributed by atoms with Gasteiger partial charge in [0.1, 0.15) is 17.6 Å². The number of carbonyl (C=O) groups is 2. The molecule has 0 saturated heterocycles. The zero-order valence-corrected chi connectivity index (χ0v) is 11.9. The lowest BCUT2D eigenvalue weighted by atomic mass is 10.0. The minimum atomic E-state index is -0.720. The molecule has 1 N–H and O–H groups in total. The number of ketones is 1. The number of benzene rings is 2. The molecule has 3 rings (SSSR count). The number of aromatic hydroxyl groups is 1. The van der Waals surface area contributed by atoms with Crippen LogP contribution in [0.3, 0.4) is 0 Å². The van der Waals surface area contributed by atoms with E-state index in [4.69, 9.17) is 9.84 Å². The fourth-order valence-corrected chi connectivity index (χ4v) is 2.08. The second kappa shape index (κ2) is 6.19. The molecule has 3 aromatic rings. The van der Waals surface area contributed by atoms with Crippen LogP contribution in [0, 0.1) is 0 Å². The predicted octanol–water partition coefficient (Wildman–Crippen LogP) is 3.44. The molecular formula is C18H12O5. The molecule has 5 heteroatoms. The van der Waals surface area contributed by atoms with Crippen LogP contribution in [0.2, 0.25) is 0 Å². The third kappa shape index (κ3) is 3.13. The normalized spacial score (nSPS) is 10.3. The number of hydrogen-bond donors (Lipinski definition) is 1. The Morgan fingerprint density at radius 2 is 1.61 bits per heavy atom. The third-order valence-corrected chi connectivity index (χ3v) is 3.19. The van der Waals surface area contributed by atoms with Crippen molar-refractivity contribution in [1.82, 2.24) is 0 Å². The van der Waals surface area contributed by atoms with Crippen LogP contribution in [0.15, 0.2) is 71.3 Å². The van der Waals surface area contributed by atoms with E-state index in [9.17, 15) is 9.59 Å². The summed E-state index contributed by atoms with van der Waals surface area (Å²) in [4.78, 5) is 24.6. The SMILES string of the molecule is O=C(Oc1ccccc1C(=O)c1ccccc1)c1coc(O)c1. The maximum Gasteiger partial charge on any atom is 0.346 e. The fourth-order valence-electron chi connectivity index (χ4n) is 2.08. The van der Waals surface area contributed by atoms with E-state index in [1.165, 1.54) is 6.07 Å². The number of para-hydroxylation sites is 1. The van der Waals surface area contributed by atoms with Gasteiger partial charge in [-0.3, -0.25) is 4.79 Å². The van der Waals surface area contributed by atoms with Gasteiger partial charge in [0.15, 0.2) is 5.78 Å². The van der Waals surface area contributed by atoms with Crippen molar-refractivity contribution in [1.29, 1.82) is 0 Å². The molecular weight excluding hydrogens is 296 g/mol. The summed E-state index contributed by atoms with van der Waals surface area (Å²) in [5.41, 5.74) is 0.834. The Kier molecular flexibility index (Phi) is 3.93. The summed E-state index contributed by atoms with van der Waals surface area (Å²) in [5, 5.41) is 9.13. The van der Waals surface area contributed by atoms with E-state index in [0.29, 0.717) is 5.56 Å². The van der Waals surface area contributed by atoms with Crippen molar-refractivity contribution in [3.05, 3.63) is 83.6 Å². The lowest BCUT2D eigenvalue weighted by Crippen LogP contribution is -2.11. The van der Waals surface area contributed by atoms with Crippen LogP contribution in [-0.2, 0) is 0 Å². The number of ether oxygens (including phenoxy) is 1. The standard InChI is InChI=1S/C18H12O5/c19-16-10-13(11-22-16)18(21)23-15-9-5-4-8-14(15)17(20)12-6-2-1-3-7-12/h1-11,19H. The molecule has 1 heterocycles. The molecule has 2 aromatic carbocycles. The number of furan rings is 1. The van der Waals surface area contributed by atoms with E-state index in [2.05, 4.69) is 4.42 Å². The Morgan fingerprint density at radius 1 is 0.913 bits per heavy atom. The summed E-state index contributed by atoms with van der Waals surface area (Å²) in [6, 6.07) is 16.3. The van der Waals surface area contributed by atoms with Crippen molar-refractivity contribution in [3.63, 3.8) is 0 Å². The number of esters is 1. The molecule has 1 aromatic heterocycles. The van der Waals surface area contributed by atoms with E-state index in [1.807, 2.05) is 6.07 Å². The molecule has 5 nitrogen and oxygen atoms in total. The highest BCUT2D eigenvalue weighted by molar-refractivity contribution is 6.11. The van der Waals surface area contributed by atoms with E-state index in [-0.39, 0.29) is 28.6 Å². The Labute approximate surface area is 131 Å². The molecule has 0 spiro atoms. The van der Waals surface area contributed by atoms with Crippen molar-refractivity contribution in [2.24, 2.45) is 0 Å². The highest BCUT2D eigenvalue weighted by atomic mass is 16.5. The second-order valence-electron chi connectivity index (χ2n) is 4.75. The van der Waals surface area contributed by atoms with E-state index < -0.39 is 5.97 Å². The Bertz CT molecular complexity index is 849. The van der Waals surface area contributed by atoms with Gasteiger partial charge >= 0.3 is 5.97 Å². The van der Waals surface area contributed by atoms with Gasteiger partial charge in [-0.2, -0.15) is 0 Å². The summed E-state index contributed by atoms with van der Waals surface area (Å²) in [5.74, 6) is -1.20. The highest BCUT2D eigenvalue weighted by Gasteiger charge is 2.18. The van der Waals surface area contributed by atoms with E-state index in [1.54, 1.807) is 42.5 Å². The lowest BCUT2D eigenvalue weighted by Gasteiger charge is -2.08. The first kappa shape index (κ1) is 14.6. The molecule has 0 aliphatic carbocycles.